The number of benzene rings is 3. The Balaban J connectivity index is 1.25. The minimum atomic E-state index is -0.803. The van der Waals surface area contributed by atoms with Gasteiger partial charge in [-0.3, -0.25) is 14.5 Å². The van der Waals surface area contributed by atoms with Crippen molar-refractivity contribution in [1.29, 1.82) is 0 Å². The second-order valence-corrected chi connectivity index (χ2v) is 17.7. The van der Waals surface area contributed by atoms with Crippen LogP contribution in [0.4, 0.5) is 9.59 Å². The van der Waals surface area contributed by atoms with Crippen LogP contribution in [0.3, 0.4) is 0 Å². The first-order chi connectivity index (χ1) is 27.7. The van der Waals surface area contributed by atoms with Crippen LogP contribution in [0.1, 0.15) is 98.1 Å². The van der Waals surface area contributed by atoms with Crippen molar-refractivity contribution in [1.82, 2.24) is 30.7 Å². The van der Waals surface area contributed by atoms with E-state index in [0.29, 0.717) is 71.0 Å². The summed E-state index contributed by atoms with van der Waals surface area (Å²) in [6.07, 6.45) is 5.84. The molecule has 3 N–H and O–H groups in total. The van der Waals surface area contributed by atoms with Gasteiger partial charge in [0, 0.05) is 63.8 Å². The van der Waals surface area contributed by atoms with Crippen LogP contribution < -0.4 is 16.0 Å². The Bertz CT molecular complexity index is 1820. The maximum atomic E-state index is 14.8. The van der Waals surface area contributed by atoms with Crippen molar-refractivity contribution in [2.75, 3.05) is 39.3 Å². The van der Waals surface area contributed by atoms with Crippen molar-refractivity contribution in [3.63, 3.8) is 0 Å². The summed E-state index contributed by atoms with van der Waals surface area (Å²) in [5.74, 6) is -0.186. The quantitative estimate of drug-likeness (QED) is 0.139. The van der Waals surface area contributed by atoms with Gasteiger partial charge >= 0.3 is 12.1 Å². The predicted octanol–water partition coefficient (Wildman–Crippen LogP) is 7.32. The summed E-state index contributed by atoms with van der Waals surface area (Å²) >= 11 is 0. The topological polar surface area (TPSA) is 123 Å². The van der Waals surface area contributed by atoms with Crippen LogP contribution in [0.5, 0.6) is 0 Å². The number of hydrogen-bond acceptors (Lipinski definition) is 6. The highest BCUT2D eigenvalue weighted by molar-refractivity contribution is 5.90. The zero-order valence-corrected chi connectivity index (χ0v) is 36.0. The number of unbranched alkanes of at least 4 members (excludes halogenated alkanes) is 2. The third-order valence-electron chi connectivity index (χ3n) is 11.7. The monoisotopic (exact) mass is 797 g/mol. The van der Waals surface area contributed by atoms with E-state index in [-0.39, 0.29) is 36.0 Å². The van der Waals surface area contributed by atoms with Gasteiger partial charge in [-0.05, 0) is 102 Å². The number of carbonyl (C=O) groups is 4. The Morgan fingerprint density at radius 3 is 2.22 bits per heavy atom. The van der Waals surface area contributed by atoms with E-state index in [1.165, 1.54) is 0 Å². The molecule has 0 saturated carbocycles. The summed E-state index contributed by atoms with van der Waals surface area (Å²) < 4.78 is 5.33. The van der Waals surface area contributed by atoms with Crippen molar-refractivity contribution < 1.29 is 23.9 Å². The molecule has 3 aromatic rings. The van der Waals surface area contributed by atoms with E-state index in [4.69, 9.17) is 4.74 Å². The van der Waals surface area contributed by atoms with Gasteiger partial charge in [-0.15, -0.1) is 0 Å². The SMILES string of the molecule is CCNC(=O)[C@]1(Cc2ccccc2)CCCN(C(=O)[C@@H](Cc2ccc3ccccc3c2)NC(=O)N2CC(C)N(C(C)CCCCCNC(=O)OC(C)(C)C)C(C)C2)C1. The number of ether oxygens (including phenoxy) is 1. The van der Waals surface area contributed by atoms with E-state index in [2.05, 4.69) is 65.9 Å². The molecule has 2 aliphatic rings. The van der Waals surface area contributed by atoms with Crippen LogP contribution in [-0.2, 0) is 27.2 Å². The number of piperidine rings is 1. The summed E-state index contributed by atoms with van der Waals surface area (Å²) in [6, 6.07) is 24.0. The summed E-state index contributed by atoms with van der Waals surface area (Å²) in [6.45, 7) is 17.2. The first kappa shape index (κ1) is 44.5. The van der Waals surface area contributed by atoms with Crippen LogP contribution in [0, 0.1) is 5.41 Å². The number of nitrogens with one attached hydrogen (secondary N) is 3. The van der Waals surface area contributed by atoms with Crippen molar-refractivity contribution in [3.8, 4) is 0 Å². The van der Waals surface area contributed by atoms with Gasteiger partial charge in [0.15, 0.2) is 0 Å². The lowest BCUT2D eigenvalue weighted by molar-refractivity contribution is -0.142. The number of piperazine rings is 1. The number of fused-ring (bicyclic) bond motifs is 1. The summed E-state index contributed by atoms with van der Waals surface area (Å²) in [7, 11) is 0. The first-order valence-electron chi connectivity index (χ1n) is 21.6. The highest BCUT2D eigenvalue weighted by Gasteiger charge is 2.45. The van der Waals surface area contributed by atoms with Crippen molar-refractivity contribution in [3.05, 3.63) is 83.9 Å². The van der Waals surface area contributed by atoms with Crippen LogP contribution in [0.25, 0.3) is 10.8 Å². The number of nitrogens with zero attached hydrogens (tertiary/aromatic N) is 3. The number of urea groups is 1. The van der Waals surface area contributed by atoms with Crippen molar-refractivity contribution in [2.24, 2.45) is 5.41 Å². The fraction of sp³-hybridized carbons (Fsp3) is 0.574. The molecule has 5 amide bonds. The van der Waals surface area contributed by atoms with Gasteiger partial charge in [-0.25, -0.2) is 9.59 Å². The van der Waals surface area contributed by atoms with Crippen LogP contribution in [0.2, 0.25) is 0 Å². The highest BCUT2D eigenvalue weighted by Crippen LogP contribution is 2.35. The van der Waals surface area contributed by atoms with Crippen molar-refractivity contribution >= 4 is 34.7 Å². The average Bonchev–Trinajstić information content (AvgIpc) is 3.18. The van der Waals surface area contributed by atoms with E-state index in [1.807, 2.05) is 86.0 Å². The molecule has 5 atom stereocenters. The highest BCUT2D eigenvalue weighted by atomic mass is 16.6. The van der Waals surface area contributed by atoms with Crippen LogP contribution in [-0.4, -0.2) is 108 Å². The third kappa shape index (κ3) is 12.2. The number of carbonyl (C=O) groups excluding carboxylic acids is 4. The van der Waals surface area contributed by atoms with Gasteiger partial charge in [-0.2, -0.15) is 0 Å². The standard InChI is InChI=1S/C47H68N6O5/c1-8-48-43(55)47(30-37-19-12-9-13-20-37)25-17-27-51(33-47)42(54)41(29-38-23-24-39-21-14-15-22-40(39)28-38)50-44(56)52-31-35(3)53(36(4)32-52)34(2)18-11-10-16-26-49-45(57)58-46(5,6)7/h9,12-15,19-24,28,34-36,41H,8,10-11,16-18,25-27,29-33H2,1-7H3,(H,48,55)(H,49,57)(H,50,56)/t34?,35?,36?,41-,47+/m1/s1. The molecule has 2 heterocycles. The van der Waals surface area contributed by atoms with E-state index in [0.717, 1.165) is 47.6 Å². The van der Waals surface area contributed by atoms with Crippen LogP contribution >= 0.6 is 0 Å². The molecule has 0 spiro atoms. The van der Waals surface area contributed by atoms with Gasteiger partial charge in [0.05, 0.1) is 5.41 Å². The Kier molecular flexibility index (Phi) is 15.6. The molecule has 0 radical (unpaired) electrons. The van der Waals surface area contributed by atoms with E-state index >= 15 is 0 Å². The fourth-order valence-corrected chi connectivity index (χ4v) is 9.09. The Morgan fingerprint density at radius 2 is 1.53 bits per heavy atom. The maximum absolute atomic E-state index is 14.8. The molecule has 2 fully saturated rings. The number of rotatable bonds is 15. The lowest BCUT2D eigenvalue weighted by Crippen LogP contribution is -2.63. The molecule has 2 saturated heterocycles. The number of likely N-dealkylation sites (tertiary alicyclic amines) is 1. The maximum Gasteiger partial charge on any atom is 0.407 e. The molecule has 11 nitrogen and oxygen atoms in total. The largest absolute Gasteiger partial charge is 0.444 e. The fourth-order valence-electron chi connectivity index (χ4n) is 9.09. The minimum absolute atomic E-state index is 0.0308. The number of amides is 5. The molecule has 0 bridgehead atoms. The molecule has 3 aromatic carbocycles. The Hall–Kier alpha value is -4.64. The Morgan fingerprint density at radius 1 is 0.845 bits per heavy atom. The summed E-state index contributed by atoms with van der Waals surface area (Å²) in [5.41, 5.74) is 0.757. The number of hydrogen-bond donors (Lipinski definition) is 3. The molecule has 2 aliphatic heterocycles. The predicted molar refractivity (Wildman–Crippen MR) is 232 cm³/mol. The molecule has 3 unspecified atom stereocenters. The molecule has 0 aliphatic carbocycles. The second-order valence-electron chi connectivity index (χ2n) is 17.7. The summed E-state index contributed by atoms with van der Waals surface area (Å²) in [5, 5.41) is 11.3. The molecule has 58 heavy (non-hydrogen) atoms. The van der Waals surface area contributed by atoms with Gasteiger partial charge in [-0.1, -0.05) is 85.6 Å². The van der Waals surface area contributed by atoms with E-state index in [1.54, 1.807) is 0 Å². The smallest absolute Gasteiger partial charge is 0.407 e. The molecular formula is C47H68N6O5. The second kappa shape index (κ2) is 20.4. The average molecular weight is 797 g/mol. The zero-order chi connectivity index (χ0) is 41.9. The molecule has 316 valence electrons. The van der Waals surface area contributed by atoms with E-state index in [9.17, 15) is 19.2 Å². The minimum Gasteiger partial charge on any atom is -0.444 e. The van der Waals surface area contributed by atoms with Gasteiger partial charge in [0.1, 0.15) is 11.6 Å². The molecule has 0 aromatic heterocycles. The van der Waals surface area contributed by atoms with Gasteiger partial charge < -0.3 is 30.5 Å². The normalized spacial score (nSPS) is 21.2. The first-order valence-corrected chi connectivity index (χ1v) is 21.6. The lowest BCUT2D eigenvalue weighted by atomic mass is 9.74. The zero-order valence-electron chi connectivity index (χ0n) is 36.0. The number of alkyl carbamates (subject to hydrolysis) is 1. The summed E-state index contributed by atoms with van der Waals surface area (Å²) in [4.78, 5) is 61.0. The van der Waals surface area contributed by atoms with Gasteiger partial charge in [0.2, 0.25) is 11.8 Å². The molecular weight excluding hydrogens is 729 g/mol. The van der Waals surface area contributed by atoms with Gasteiger partial charge in [0.25, 0.3) is 0 Å². The lowest BCUT2D eigenvalue weighted by Gasteiger charge is -2.47. The van der Waals surface area contributed by atoms with E-state index < -0.39 is 17.1 Å². The van der Waals surface area contributed by atoms with Crippen molar-refractivity contribution in [2.45, 2.75) is 130 Å². The molecule has 11 heteroatoms. The Labute approximate surface area is 346 Å². The molecule has 5 rings (SSSR count). The van der Waals surface area contributed by atoms with Crippen LogP contribution in [0.15, 0.2) is 72.8 Å². The third-order valence-corrected chi connectivity index (χ3v) is 11.7.